The van der Waals surface area contributed by atoms with E-state index >= 15 is 0 Å². The van der Waals surface area contributed by atoms with Crippen molar-refractivity contribution < 1.29 is 9.53 Å². The number of methoxy groups -OCH3 is 1. The summed E-state index contributed by atoms with van der Waals surface area (Å²) in [6.45, 7) is 10.5. The van der Waals surface area contributed by atoms with Crippen LogP contribution in [0.25, 0.3) is 0 Å². The van der Waals surface area contributed by atoms with E-state index in [1.165, 1.54) is 7.11 Å². The van der Waals surface area contributed by atoms with E-state index in [4.69, 9.17) is 33.3 Å². The molecule has 2 N–H and O–H groups in total. The molecule has 1 aromatic carbocycles. The largest absolute Gasteiger partial charge is 0.464 e. The molecule has 0 radical (unpaired) electrons. The molecule has 0 atom stereocenters. The van der Waals surface area contributed by atoms with Crippen LogP contribution >= 0.6 is 23.2 Å². The number of allylic oxidation sites excluding steroid dienone is 1. The van der Waals surface area contributed by atoms with E-state index < -0.39 is 5.97 Å². The van der Waals surface area contributed by atoms with Crippen molar-refractivity contribution in [1.29, 1.82) is 5.41 Å². The van der Waals surface area contributed by atoms with E-state index in [0.717, 1.165) is 24.0 Å². The minimum absolute atomic E-state index is 0.0163. The summed E-state index contributed by atoms with van der Waals surface area (Å²) < 4.78 is 4.84. The van der Waals surface area contributed by atoms with Crippen molar-refractivity contribution in [2.45, 2.75) is 26.3 Å². The van der Waals surface area contributed by atoms with Crippen molar-refractivity contribution in [2.75, 3.05) is 13.7 Å². The van der Waals surface area contributed by atoms with E-state index in [-0.39, 0.29) is 16.6 Å². The van der Waals surface area contributed by atoms with Gasteiger partial charge in [-0.1, -0.05) is 41.9 Å². The molecule has 1 aliphatic carbocycles. The van der Waals surface area contributed by atoms with Crippen LogP contribution in [0.15, 0.2) is 53.9 Å². The molecular formula is C21H25Cl2N3O2. The molecule has 28 heavy (non-hydrogen) atoms. The summed E-state index contributed by atoms with van der Waals surface area (Å²) in [5.74, 6) is -0.344. The zero-order chi connectivity index (χ0) is 20.8. The highest BCUT2D eigenvalue weighted by Crippen LogP contribution is 2.35. The molecule has 0 heterocycles. The van der Waals surface area contributed by atoms with Crippen LogP contribution in [0.5, 0.6) is 0 Å². The second kappa shape index (κ2) is 9.80. The van der Waals surface area contributed by atoms with Crippen LogP contribution < -0.4 is 5.32 Å². The van der Waals surface area contributed by atoms with Gasteiger partial charge < -0.3 is 15.0 Å². The van der Waals surface area contributed by atoms with Crippen molar-refractivity contribution in [3.63, 3.8) is 0 Å². The van der Waals surface area contributed by atoms with Gasteiger partial charge in [-0.25, -0.2) is 4.79 Å². The lowest BCUT2D eigenvalue weighted by Gasteiger charge is -2.25. The molecule has 1 fully saturated rings. The number of nitrogens with one attached hydrogen (secondary N) is 2. The Balaban J connectivity index is 2.32. The number of esters is 1. The first-order valence-electron chi connectivity index (χ1n) is 8.92. The van der Waals surface area contributed by atoms with Crippen molar-refractivity contribution in [3.05, 3.63) is 70.0 Å². The lowest BCUT2D eigenvalue weighted by atomic mass is 10.1. The number of benzene rings is 1. The molecule has 2 rings (SSSR count). The van der Waals surface area contributed by atoms with Gasteiger partial charge in [0.2, 0.25) is 0 Å². The Labute approximate surface area is 176 Å². The van der Waals surface area contributed by atoms with E-state index in [2.05, 4.69) is 18.5 Å². The van der Waals surface area contributed by atoms with Crippen LogP contribution in [0.1, 0.15) is 24.0 Å². The summed E-state index contributed by atoms with van der Waals surface area (Å²) in [5.41, 5.74) is 2.72. The molecule has 1 aromatic rings. The predicted molar refractivity (Wildman–Crippen MR) is 114 cm³/mol. The number of halogens is 2. The van der Waals surface area contributed by atoms with Crippen molar-refractivity contribution in [1.82, 2.24) is 10.2 Å². The zero-order valence-electron chi connectivity index (χ0n) is 16.1. The fourth-order valence-corrected chi connectivity index (χ4v) is 3.09. The lowest BCUT2D eigenvalue weighted by Crippen LogP contribution is -2.33. The van der Waals surface area contributed by atoms with Crippen LogP contribution in [-0.2, 0) is 16.1 Å². The molecule has 1 saturated carbocycles. The molecule has 0 saturated heterocycles. The first-order chi connectivity index (χ1) is 13.3. The molecule has 1 aliphatic rings. The maximum absolute atomic E-state index is 12.3. The van der Waals surface area contributed by atoms with Crippen LogP contribution in [0.3, 0.4) is 0 Å². The van der Waals surface area contributed by atoms with E-state index in [9.17, 15) is 4.79 Å². The Bertz CT molecular complexity index is 829. The molecule has 0 spiro atoms. The average molecular weight is 422 g/mol. The molecule has 0 unspecified atom stereocenters. The van der Waals surface area contributed by atoms with E-state index in [1.54, 1.807) is 11.0 Å². The topological polar surface area (TPSA) is 65.4 Å². The number of nitrogens with zero attached hydrogens (tertiary/aromatic N) is 1. The second-order valence-corrected chi connectivity index (χ2v) is 7.51. The number of hydrogen-bond donors (Lipinski definition) is 2. The standard InChI is InChI=1S/C21H25Cl2N3O2/c1-5-10-26(12-16-11-17(22)9-6-13(16)2)20(24)18(23)19(21(27)28-4)25-14(3)15-7-8-15/h5-6,9,11,15,24-25H,1,3,7-8,10,12H2,2,4H3. The smallest absolute Gasteiger partial charge is 0.356 e. The number of ether oxygens (including phenoxy) is 1. The van der Waals surface area contributed by atoms with Gasteiger partial charge in [-0.15, -0.1) is 6.58 Å². The predicted octanol–water partition coefficient (Wildman–Crippen LogP) is 4.75. The number of carbonyl (C=O) groups excluding carboxylic acids is 1. The minimum atomic E-state index is -0.644. The van der Waals surface area contributed by atoms with Crippen molar-refractivity contribution in [2.24, 2.45) is 5.92 Å². The second-order valence-electron chi connectivity index (χ2n) is 6.69. The summed E-state index contributed by atoms with van der Waals surface area (Å²) in [5, 5.41) is 12.1. The molecule has 0 amide bonds. The summed E-state index contributed by atoms with van der Waals surface area (Å²) in [4.78, 5) is 14.0. The summed E-state index contributed by atoms with van der Waals surface area (Å²) in [7, 11) is 1.27. The summed E-state index contributed by atoms with van der Waals surface area (Å²) in [6, 6.07) is 5.59. The van der Waals surface area contributed by atoms with Gasteiger partial charge in [0.05, 0.1) is 7.11 Å². The van der Waals surface area contributed by atoms with E-state index in [0.29, 0.717) is 29.7 Å². The number of rotatable bonds is 9. The van der Waals surface area contributed by atoms with Gasteiger partial charge in [0.1, 0.15) is 16.6 Å². The average Bonchev–Trinajstić information content (AvgIpc) is 3.52. The monoisotopic (exact) mass is 421 g/mol. The first-order valence-corrected chi connectivity index (χ1v) is 9.67. The fraction of sp³-hybridized carbons (Fsp3) is 0.333. The molecular weight excluding hydrogens is 397 g/mol. The van der Waals surface area contributed by atoms with Gasteiger partial charge in [0.15, 0.2) is 0 Å². The summed E-state index contributed by atoms with van der Waals surface area (Å²) >= 11 is 12.6. The fourth-order valence-electron chi connectivity index (χ4n) is 2.66. The van der Waals surface area contributed by atoms with Crippen LogP contribution in [0.4, 0.5) is 0 Å². The molecule has 0 bridgehead atoms. The lowest BCUT2D eigenvalue weighted by molar-refractivity contribution is -0.136. The van der Waals surface area contributed by atoms with Crippen LogP contribution in [0.2, 0.25) is 5.02 Å². The van der Waals surface area contributed by atoms with Crippen LogP contribution in [-0.4, -0.2) is 30.4 Å². The highest BCUT2D eigenvalue weighted by atomic mass is 35.5. The first kappa shape index (κ1) is 22.1. The molecule has 7 heteroatoms. The molecule has 150 valence electrons. The molecule has 0 aromatic heterocycles. The quantitative estimate of drug-likeness (QED) is 0.198. The normalized spacial score (nSPS) is 14.0. The zero-order valence-corrected chi connectivity index (χ0v) is 17.7. The Morgan fingerprint density at radius 1 is 1.46 bits per heavy atom. The van der Waals surface area contributed by atoms with Crippen LogP contribution in [0, 0.1) is 18.3 Å². The number of aryl methyl sites for hydroxylation is 1. The van der Waals surface area contributed by atoms with Gasteiger partial charge in [-0.05, 0) is 48.9 Å². The highest BCUT2D eigenvalue weighted by Gasteiger charge is 2.29. The Hall–Kier alpha value is -2.24. The molecule has 5 nitrogen and oxygen atoms in total. The SMILES string of the molecule is C=CCN(Cc1cc(Cl)ccc1C)C(=N)C(Cl)=C(NC(=C)C1CC1)C(=O)OC. The number of hydrogen-bond acceptors (Lipinski definition) is 4. The minimum Gasteiger partial charge on any atom is -0.464 e. The van der Waals surface area contributed by atoms with Gasteiger partial charge in [-0.3, -0.25) is 5.41 Å². The number of carbonyl (C=O) groups is 1. The third-order valence-corrected chi connectivity index (χ3v) is 5.11. The highest BCUT2D eigenvalue weighted by molar-refractivity contribution is 6.44. The Morgan fingerprint density at radius 2 is 2.14 bits per heavy atom. The maximum atomic E-state index is 12.3. The van der Waals surface area contributed by atoms with E-state index in [1.807, 2.05) is 25.1 Å². The third kappa shape index (κ3) is 5.63. The summed E-state index contributed by atoms with van der Waals surface area (Å²) in [6.07, 6.45) is 3.71. The van der Waals surface area contributed by atoms with Gasteiger partial charge in [0.25, 0.3) is 0 Å². The van der Waals surface area contributed by atoms with Crippen molar-refractivity contribution >= 4 is 35.0 Å². The maximum Gasteiger partial charge on any atom is 0.356 e. The third-order valence-electron chi connectivity index (χ3n) is 4.51. The Kier molecular flexibility index (Phi) is 7.72. The molecule has 0 aliphatic heterocycles. The van der Waals surface area contributed by atoms with Gasteiger partial charge >= 0.3 is 5.97 Å². The number of amidine groups is 1. The van der Waals surface area contributed by atoms with Gasteiger partial charge in [-0.2, -0.15) is 0 Å². The van der Waals surface area contributed by atoms with Crippen molar-refractivity contribution in [3.8, 4) is 0 Å². The Morgan fingerprint density at radius 3 is 2.71 bits per heavy atom. The van der Waals surface area contributed by atoms with Gasteiger partial charge in [0, 0.05) is 23.8 Å².